The van der Waals surface area contributed by atoms with E-state index in [1.165, 1.54) is 0 Å². The van der Waals surface area contributed by atoms with Gasteiger partial charge in [0.1, 0.15) is 17.5 Å². The van der Waals surface area contributed by atoms with Crippen LogP contribution in [-0.2, 0) is 4.74 Å². The van der Waals surface area contributed by atoms with E-state index < -0.39 is 0 Å². The van der Waals surface area contributed by atoms with E-state index in [-0.39, 0.29) is 17.7 Å². The van der Waals surface area contributed by atoms with Gasteiger partial charge in [-0.15, -0.1) is 0 Å². The van der Waals surface area contributed by atoms with E-state index in [0.29, 0.717) is 29.9 Å². The first kappa shape index (κ1) is 18.9. The maximum atomic E-state index is 9.87. The number of aromatic nitrogens is 2. The van der Waals surface area contributed by atoms with E-state index in [1.54, 1.807) is 13.3 Å². The summed E-state index contributed by atoms with van der Waals surface area (Å²) in [4.78, 5) is 8.90. The van der Waals surface area contributed by atoms with Crippen molar-refractivity contribution in [3.63, 3.8) is 0 Å². The molecular weight excluding hydrogens is 330 g/mol. The van der Waals surface area contributed by atoms with Crippen molar-refractivity contribution >= 4 is 11.8 Å². The van der Waals surface area contributed by atoms with Crippen molar-refractivity contribution in [2.45, 2.75) is 82.1 Å². The van der Waals surface area contributed by atoms with Gasteiger partial charge < -0.3 is 20.5 Å². The number of hydrogen-bond acceptors (Lipinski definition) is 7. The summed E-state index contributed by atoms with van der Waals surface area (Å²) >= 11 is 0. The van der Waals surface area contributed by atoms with Crippen LogP contribution in [0, 0.1) is 11.3 Å². The second kappa shape index (κ2) is 8.19. The Balaban J connectivity index is 1.70. The lowest BCUT2D eigenvalue weighted by Crippen LogP contribution is -2.41. The van der Waals surface area contributed by atoms with E-state index >= 15 is 0 Å². The molecule has 7 nitrogen and oxygen atoms in total. The molecule has 26 heavy (non-hydrogen) atoms. The lowest BCUT2D eigenvalue weighted by molar-refractivity contribution is 0.0563. The number of aliphatic hydroxyl groups excluding tert-OH is 1. The number of rotatable bonds is 5. The van der Waals surface area contributed by atoms with Crippen molar-refractivity contribution in [3.05, 3.63) is 11.8 Å². The third kappa shape index (κ3) is 4.63. The Kier molecular flexibility index (Phi) is 5.94. The van der Waals surface area contributed by atoms with Crippen LogP contribution in [0.25, 0.3) is 0 Å². The molecule has 7 heteroatoms. The Morgan fingerprint density at radius 2 is 2.08 bits per heavy atom. The minimum atomic E-state index is -0.277. The van der Waals surface area contributed by atoms with E-state index in [2.05, 4.69) is 33.6 Å². The molecule has 142 valence electrons. The van der Waals surface area contributed by atoms with Gasteiger partial charge in [-0.2, -0.15) is 10.2 Å². The Morgan fingerprint density at radius 3 is 2.73 bits per heavy atom. The van der Waals surface area contributed by atoms with E-state index in [1.807, 2.05) is 0 Å². The molecule has 3 rings (SSSR count). The molecule has 2 atom stereocenters. The van der Waals surface area contributed by atoms with Crippen LogP contribution in [0.4, 0.5) is 11.8 Å². The van der Waals surface area contributed by atoms with Gasteiger partial charge in [0.2, 0.25) is 5.95 Å². The molecule has 0 spiro atoms. The second-order valence-electron chi connectivity index (χ2n) is 7.85. The average Bonchev–Trinajstić information content (AvgIpc) is 2.62. The molecule has 1 heterocycles. The predicted octanol–water partition coefficient (Wildman–Crippen LogP) is 2.82. The quantitative estimate of drug-likeness (QED) is 0.743. The number of hydrogen-bond donors (Lipinski definition) is 3. The summed E-state index contributed by atoms with van der Waals surface area (Å²) in [6.45, 7) is 2.19. The van der Waals surface area contributed by atoms with Crippen LogP contribution in [0.15, 0.2) is 6.20 Å². The molecule has 2 saturated carbocycles. The maximum absolute atomic E-state index is 9.87. The smallest absolute Gasteiger partial charge is 0.225 e. The van der Waals surface area contributed by atoms with Crippen molar-refractivity contribution in [3.8, 4) is 6.07 Å². The van der Waals surface area contributed by atoms with Crippen molar-refractivity contribution in [2.24, 2.45) is 0 Å². The number of nitrogens with zero attached hydrogens (tertiary/aromatic N) is 3. The molecule has 2 aliphatic rings. The molecule has 0 aromatic carbocycles. The van der Waals surface area contributed by atoms with E-state index in [9.17, 15) is 10.4 Å². The Hall–Kier alpha value is -1.91. The fourth-order valence-corrected chi connectivity index (χ4v) is 3.98. The fourth-order valence-electron chi connectivity index (χ4n) is 3.98. The summed E-state index contributed by atoms with van der Waals surface area (Å²) in [6, 6.07) is 2.30. The van der Waals surface area contributed by atoms with Gasteiger partial charge in [-0.3, -0.25) is 0 Å². The SMILES string of the molecule is COC1CCC(C)(Nc2ncc(C#N)c(N[C@@H]3CCC[C@@H](O)C3)n2)CC1. The van der Waals surface area contributed by atoms with Crippen molar-refractivity contribution < 1.29 is 9.84 Å². The molecule has 0 saturated heterocycles. The molecule has 2 fully saturated rings. The Bertz CT molecular complexity index is 652. The fraction of sp³-hybridized carbons (Fsp3) is 0.737. The molecule has 0 radical (unpaired) electrons. The first-order chi connectivity index (χ1) is 12.5. The molecule has 3 N–H and O–H groups in total. The topological polar surface area (TPSA) is 103 Å². The highest BCUT2D eigenvalue weighted by molar-refractivity contribution is 5.54. The van der Waals surface area contributed by atoms with Gasteiger partial charge in [-0.1, -0.05) is 0 Å². The summed E-state index contributed by atoms with van der Waals surface area (Å²) in [5.74, 6) is 1.10. The lowest BCUT2D eigenvalue weighted by atomic mass is 9.82. The highest BCUT2D eigenvalue weighted by Crippen LogP contribution is 2.32. The standard InChI is InChI=1S/C19H29N5O2/c1-19(8-6-16(26-2)7-9-19)24-18-21-12-13(11-20)17(23-18)22-14-4-3-5-15(25)10-14/h12,14-16,25H,3-10H2,1-2H3,(H2,21,22,23,24)/t14-,15-,16?,19?/m1/s1. The number of methoxy groups -OCH3 is 1. The normalized spacial score (nSPS) is 31.8. The largest absolute Gasteiger partial charge is 0.393 e. The number of nitriles is 1. The number of aliphatic hydroxyl groups is 1. The number of anilines is 2. The van der Waals surface area contributed by atoms with Gasteiger partial charge in [-0.05, 0) is 58.3 Å². The number of nitrogens with one attached hydrogen (secondary N) is 2. The monoisotopic (exact) mass is 359 g/mol. The molecule has 0 amide bonds. The van der Waals surface area contributed by atoms with Crippen LogP contribution >= 0.6 is 0 Å². The molecule has 0 bridgehead atoms. The van der Waals surface area contributed by atoms with Gasteiger partial charge in [-0.25, -0.2) is 4.98 Å². The van der Waals surface area contributed by atoms with E-state index in [0.717, 1.165) is 44.9 Å². The molecule has 0 aliphatic heterocycles. The first-order valence-corrected chi connectivity index (χ1v) is 9.54. The number of ether oxygens (including phenoxy) is 1. The van der Waals surface area contributed by atoms with Crippen LogP contribution in [0.3, 0.4) is 0 Å². The first-order valence-electron chi connectivity index (χ1n) is 9.54. The van der Waals surface area contributed by atoms with Crippen LogP contribution in [0.1, 0.15) is 63.9 Å². The van der Waals surface area contributed by atoms with Crippen LogP contribution in [0.5, 0.6) is 0 Å². The summed E-state index contributed by atoms with van der Waals surface area (Å²) in [6.07, 6.45) is 9.14. The minimum absolute atomic E-state index is 0.0680. The van der Waals surface area contributed by atoms with Crippen molar-refractivity contribution in [2.75, 3.05) is 17.7 Å². The van der Waals surface area contributed by atoms with Gasteiger partial charge in [0.25, 0.3) is 0 Å². The van der Waals surface area contributed by atoms with Crippen LogP contribution in [0.2, 0.25) is 0 Å². The zero-order valence-electron chi connectivity index (χ0n) is 15.7. The minimum Gasteiger partial charge on any atom is -0.393 e. The Labute approximate surface area is 155 Å². The summed E-state index contributed by atoms with van der Waals surface area (Å²) in [7, 11) is 1.77. The molecule has 0 unspecified atom stereocenters. The van der Waals surface area contributed by atoms with Crippen LogP contribution < -0.4 is 10.6 Å². The molecule has 1 aromatic rings. The third-order valence-corrected chi connectivity index (χ3v) is 5.68. The summed E-state index contributed by atoms with van der Waals surface area (Å²) < 4.78 is 5.45. The third-order valence-electron chi connectivity index (χ3n) is 5.68. The molecule has 2 aliphatic carbocycles. The average molecular weight is 359 g/mol. The van der Waals surface area contributed by atoms with Crippen LogP contribution in [-0.4, -0.2) is 46.0 Å². The lowest BCUT2D eigenvalue weighted by Gasteiger charge is -2.37. The van der Waals surface area contributed by atoms with Gasteiger partial charge in [0.05, 0.1) is 18.4 Å². The van der Waals surface area contributed by atoms with Crippen molar-refractivity contribution in [1.29, 1.82) is 5.26 Å². The van der Waals surface area contributed by atoms with Gasteiger partial charge in [0, 0.05) is 18.7 Å². The highest BCUT2D eigenvalue weighted by Gasteiger charge is 2.32. The van der Waals surface area contributed by atoms with E-state index in [4.69, 9.17) is 4.74 Å². The Morgan fingerprint density at radius 1 is 1.31 bits per heavy atom. The summed E-state index contributed by atoms with van der Waals surface area (Å²) in [5, 5.41) is 26.0. The highest BCUT2D eigenvalue weighted by atomic mass is 16.5. The zero-order valence-corrected chi connectivity index (χ0v) is 15.7. The zero-order chi connectivity index (χ0) is 18.6. The maximum Gasteiger partial charge on any atom is 0.225 e. The van der Waals surface area contributed by atoms with Gasteiger partial charge >= 0.3 is 0 Å². The second-order valence-corrected chi connectivity index (χ2v) is 7.85. The molecule has 1 aromatic heterocycles. The van der Waals surface area contributed by atoms with Crippen molar-refractivity contribution in [1.82, 2.24) is 9.97 Å². The predicted molar refractivity (Wildman–Crippen MR) is 99.9 cm³/mol. The van der Waals surface area contributed by atoms with Gasteiger partial charge in [0.15, 0.2) is 0 Å². The summed E-state index contributed by atoms with van der Waals surface area (Å²) in [5.41, 5.74) is 0.366. The molecular formula is C19H29N5O2.